The molecule has 0 aromatic rings. The van der Waals surface area contributed by atoms with Crippen LogP contribution in [0, 0.1) is 0 Å². The standard InChI is InChI=1S/C10H15NO/c1-8(12)6-9-4-5-11(7-9)10-2-3-10/h6,10H,2-5,7H2,1H3/b9-6-. The SMILES string of the molecule is CC(=O)/C=C1/CCN(C2CC2)C1. The molecule has 2 aliphatic rings. The number of carbonyl (C=O) groups excluding carboxylic acids is 1. The molecule has 2 heteroatoms. The fraction of sp³-hybridized carbons (Fsp3) is 0.700. The van der Waals surface area contributed by atoms with Crippen molar-refractivity contribution in [2.24, 2.45) is 0 Å². The highest BCUT2D eigenvalue weighted by Gasteiger charge is 2.31. The van der Waals surface area contributed by atoms with Gasteiger partial charge in [-0.05, 0) is 32.3 Å². The second-order valence-corrected chi connectivity index (χ2v) is 3.86. The number of ketones is 1. The molecule has 0 aromatic heterocycles. The molecule has 0 radical (unpaired) electrons. The summed E-state index contributed by atoms with van der Waals surface area (Å²) in [7, 11) is 0. The first kappa shape index (κ1) is 7.99. The average Bonchev–Trinajstić information content (AvgIpc) is 2.73. The largest absolute Gasteiger partial charge is 0.296 e. The van der Waals surface area contributed by atoms with E-state index in [0.717, 1.165) is 19.0 Å². The highest BCUT2D eigenvalue weighted by molar-refractivity contribution is 5.88. The molecule has 1 aliphatic carbocycles. The highest BCUT2D eigenvalue weighted by Crippen LogP contribution is 2.31. The molecule has 2 rings (SSSR count). The molecule has 1 saturated heterocycles. The van der Waals surface area contributed by atoms with Gasteiger partial charge in [-0.1, -0.05) is 5.57 Å². The van der Waals surface area contributed by atoms with Crippen LogP contribution in [0.2, 0.25) is 0 Å². The van der Waals surface area contributed by atoms with Gasteiger partial charge < -0.3 is 0 Å². The van der Waals surface area contributed by atoms with Crippen molar-refractivity contribution in [2.75, 3.05) is 13.1 Å². The van der Waals surface area contributed by atoms with Gasteiger partial charge in [0.15, 0.2) is 5.78 Å². The van der Waals surface area contributed by atoms with Gasteiger partial charge in [-0.2, -0.15) is 0 Å². The molecule has 0 atom stereocenters. The van der Waals surface area contributed by atoms with E-state index in [-0.39, 0.29) is 5.78 Å². The molecular formula is C10H15NO. The molecule has 2 nitrogen and oxygen atoms in total. The molecule has 0 N–H and O–H groups in total. The summed E-state index contributed by atoms with van der Waals surface area (Å²) < 4.78 is 0. The zero-order chi connectivity index (χ0) is 8.55. The van der Waals surface area contributed by atoms with Crippen LogP contribution in [0.15, 0.2) is 11.6 Å². The van der Waals surface area contributed by atoms with Crippen molar-refractivity contribution in [1.82, 2.24) is 4.90 Å². The van der Waals surface area contributed by atoms with Crippen LogP contribution in [-0.2, 0) is 4.79 Å². The lowest BCUT2D eigenvalue weighted by Gasteiger charge is -2.11. The number of likely N-dealkylation sites (tertiary alicyclic amines) is 1. The van der Waals surface area contributed by atoms with Gasteiger partial charge in [0.05, 0.1) is 0 Å². The molecule has 0 bridgehead atoms. The van der Waals surface area contributed by atoms with Crippen LogP contribution in [0.5, 0.6) is 0 Å². The Labute approximate surface area is 73.2 Å². The van der Waals surface area contributed by atoms with Gasteiger partial charge in [-0.15, -0.1) is 0 Å². The Balaban J connectivity index is 1.92. The molecule has 0 amide bonds. The Bertz CT molecular complexity index is 228. The molecule has 12 heavy (non-hydrogen) atoms. The van der Waals surface area contributed by atoms with Crippen LogP contribution in [-0.4, -0.2) is 29.8 Å². The van der Waals surface area contributed by atoms with Crippen LogP contribution in [0.1, 0.15) is 26.2 Å². The van der Waals surface area contributed by atoms with Crippen LogP contribution in [0.4, 0.5) is 0 Å². The predicted molar refractivity (Wildman–Crippen MR) is 48.0 cm³/mol. The topological polar surface area (TPSA) is 20.3 Å². The molecule has 1 aliphatic heterocycles. The lowest BCUT2D eigenvalue weighted by Crippen LogP contribution is -2.21. The van der Waals surface area contributed by atoms with E-state index in [1.54, 1.807) is 6.92 Å². The number of rotatable bonds is 2. The van der Waals surface area contributed by atoms with E-state index in [1.807, 2.05) is 6.08 Å². The van der Waals surface area contributed by atoms with Gasteiger partial charge in [-0.25, -0.2) is 0 Å². The average molecular weight is 165 g/mol. The Kier molecular flexibility index (Phi) is 2.01. The van der Waals surface area contributed by atoms with E-state index in [0.29, 0.717) is 0 Å². The smallest absolute Gasteiger partial charge is 0.152 e. The van der Waals surface area contributed by atoms with Crippen molar-refractivity contribution in [1.29, 1.82) is 0 Å². The van der Waals surface area contributed by atoms with Crippen LogP contribution in [0.3, 0.4) is 0 Å². The minimum absolute atomic E-state index is 0.197. The van der Waals surface area contributed by atoms with E-state index in [1.165, 1.54) is 25.0 Å². The van der Waals surface area contributed by atoms with E-state index in [9.17, 15) is 4.79 Å². The van der Waals surface area contributed by atoms with E-state index in [4.69, 9.17) is 0 Å². The van der Waals surface area contributed by atoms with Crippen LogP contribution < -0.4 is 0 Å². The molecule has 0 spiro atoms. The fourth-order valence-electron chi connectivity index (χ4n) is 1.86. The van der Waals surface area contributed by atoms with Gasteiger partial charge in [-0.3, -0.25) is 9.69 Å². The molecule has 2 fully saturated rings. The Hall–Kier alpha value is -0.630. The molecule has 0 unspecified atom stereocenters. The summed E-state index contributed by atoms with van der Waals surface area (Å²) in [6.07, 6.45) is 5.65. The Morgan fingerprint density at radius 3 is 2.92 bits per heavy atom. The molecule has 1 saturated carbocycles. The van der Waals surface area contributed by atoms with Gasteiger partial charge >= 0.3 is 0 Å². The first-order valence-electron chi connectivity index (χ1n) is 4.70. The minimum atomic E-state index is 0.197. The summed E-state index contributed by atoms with van der Waals surface area (Å²) in [5.74, 6) is 0.197. The lowest BCUT2D eigenvalue weighted by atomic mass is 10.2. The maximum atomic E-state index is 10.8. The third kappa shape index (κ3) is 1.75. The summed E-state index contributed by atoms with van der Waals surface area (Å²) in [6, 6.07) is 0.850. The summed E-state index contributed by atoms with van der Waals surface area (Å²) in [5.41, 5.74) is 1.33. The summed E-state index contributed by atoms with van der Waals surface area (Å²) in [6.45, 7) is 3.85. The quantitative estimate of drug-likeness (QED) is 0.576. The monoisotopic (exact) mass is 165 g/mol. The second kappa shape index (κ2) is 3.02. The maximum Gasteiger partial charge on any atom is 0.152 e. The van der Waals surface area contributed by atoms with Gasteiger partial charge in [0.25, 0.3) is 0 Å². The highest BCUT2D eigenvalue weighted by atomic mass is 16.1. The Morgan fingerprint density at radius 2 is 2.33 bits per heavy atom. The third-order valence-electron chi connectivity index (χ3n) is 2.60. The number of hydrogen-bond acceptors (Lipinski definition) is 2. The second-order valence-electron chi connectivity index (χ2n) is 3.86. The van der Waals surface area contributed by atoms with Crippen molar-refractivity contribution in [3.63, 3.8) is 0 Å². The van der Waals surface area contributed by atoms with Crippen LogP contribution >= 0.6 is 0 Å². The van der Waals surface area contributed by atoms with Crippen molar-refractivity contribution in [3.8, 4) is 0 Å². The van der Waals surface area contributed by atoms with Crippen molar-refractivity contribution in [3.05, 3.63) is 11.6 Å². The van der Waals surface area contributed by atoms with Gasteiger partial charge in [0.2, 0.25) is 0 Å². The Morgan fingerprint density at radius 1 is 1.58 bits per heavy atom. The first-order chi connectivity index (χ1) is 5.75. The van der Waals surface area contributed by atoms with Crippen molar-refractivity contribution in [2.45, 2.75) is 32.2 Å². The minimum Gasteiger partial charge on any atom is -0.296 e. The zero-order valence-electron chi connectivity index (χ0n) is 7.55. The predicted octanol–water partition coefficient (Wildman–Crippen LogP) is 1.37. The molecule has 0 aromatic carbocycles. The lowest BCUT2D eigenvalue weighted by molar-refractivity contribution is -0.112. The number of carbonyl (C=O) groups is 1. The van der Waals surface area contributed by atoms with Crippen molar-refractivity contribution >= 4 is 5.78 Å². The van der Waals surface area contributed by atoms with E-state index in [2.05, 4.69) is 4.90 Å². The first-order valence-corrected chi connectivity index (χ1v) is 4.70. The third-order valence-corrected chi connectivity index (χ3v) is 2.60. The van der Waals surface area contributed by atoms with Gasteiger partial charge in [0, 0.05) is 19.1 Å². The molecular weight excluding hydrogens is 150 g/mol. The number of nitrogens with zero attached hydrogens (tertiary/aromatic N) is 1. The number of hydrogen-bond donors (Lipinski definition) is 0. The van der Waals surface area contributed by atoms with Gasteiger partial charge in [0.1, 0.15) is 0 Å². The molecule has 66 valence electrons. The fourth-order valence-corrected chi connectivity index (χ4v) is 1.86. The summed E-state index contributed by atoms with van der Waals surface area (Å²) in [4.78, 5) is 13.3. The summed E-state index contributed by atoms with van der Waals surface area (Å²) in [5, 5.41) is 0. The maximum absolute atomic E-state index is 10.8. The summed E-state index contributed by atoms with van der Waals surface area (Å²) >= 11 is 0. The van der Waals surface area contributed by atoms with Crippen LogP contribution in [0.25, 0.3) is 0 Å². The van der Waals surface area contributed by atoms with E-state index < -0.39 is 0 Å². The van der Waals surface area contributed by atoms with E-state index >= 15 is 0 Å². The number of allylic oxidation sites excluding steroid dienone is 1. The molecule has 1 heterocycles. The zero-order valence-corrected chi connectivity index (χ0v) is 7.55. The van der Waals surface area contributed by atoms with Crippen molar-refractivity contribution < 1.29 is 4.79 Å². The normalized spacial score (nSPS) is 28.2.